The van der Waals surface area contributed by atoms with Crippen molar-refractivity contribution in [2.24, 2.45) is 0 Å². The standard InChI is InChI=1S/C14H19BrN2O4/c1-8(17-13(19)21-14(2,3)4)11-10(15)6-9(7-16-11)12(18)20-5/h6-8H,1-5H3,(H,17,19)/t8-/m1/s1. The van der Waals surface area contributed by atoms with Crippen molar-refractivity contribution in [3.05, 3.63) is 28.0 Å². The Bertz CT molecular complexity index is 540. The van der Waals surface area contributed by atoms with Gasteiger partial charge in [0.25, 0.3) is 0 Å². The Hall–Kier alpha value is -1.63. The Balaban J connectivity index is 2.81. The number of hydrogen-bond acceptors (Lipinski definition) is 5. The molecule has 1 N–H and O–H groups in total. The van der Waals surface area contributed by atoms with Crippen LogP contribution in [0, 0.1) is 0 Å². The molecule has 0 fully saturated rings. The number of ether oxygens (including phenoxy) is 2. The molecule has 1 atom stereocenters. The minimum atomic E-state index is -0.566. The maximum absolute atomic E-state index is 11.7. The molecule has 7 heteroatoms. The highest BCUT2D eigenvalue weighted by Crippen LogP contribution is 2.23. The molecule has 0 unspecified atom stereocenters. The predicted molar refractivity (Wildman–Crippen MR) is 81.1 cm³/mol. The number of hydrogen-bond donors (Lipinski definition) is 1. The smallest absolute Gasteiger partial charge is 0.408 e. The summed E-state index contributed by atoms with van der Waals surface area (Å²) >= 11 is 3.33. The first-order chi connectivity index (χ1) is 9.64. The van der Waals surface area contributed by atoms with Gasteiger partial charge in [0.15, 0.2) is 0 Å². The lowest BCUT2D eigenvalue weighted by atomic mass is 10.2. The van der Waals surface area contributed by atoms with Crippen molar-refractivity contribution in [3.63, 3.8) is 0 Å². The second-order valence-electron chi connectivity index (χ2n) is 5.45. The summed E-state index contributed by atoms with van der Waals surface area (Å²) in [5.41, 5.74) is 0.356. The van der Waals surface area contributed by atoms with Crippen molar-refractivity contribution in [2.45, 2.75) is 39.3 Å². The van der Waals surface area contributed by atoms with Crippen LogP contribution in [0.4, 0.5) is 4.79 Å². The van der Waals surface area contributed by atoms with Crippen molar-refractivity contribution in [1.29, 1.82) is 0 Å². The van der Waals surface area contributed by atoms with E-state index in [1.54, 1.807) is 33.8 Å². The molecule has 1 amide bonds. The molecular formula is C14H19BrN2O4. The van der Waals surface area contributed by atoms with Crippen molar-refractivity contribution in [3.8, 4) is 0 Å². The SMILES string of the molecule is COC(=O)c1cnc([C@@H](C)NC(=O)OC(C)(C)C)c(Br)c1. The third-order valence-corrected chi connectivity index (χ3v) is 3.07. The summed E-state index contributed by atoms with van der Waals surface area (Å²) in [5.74, 6) is -0.470. The van der Waals surface area contributed by atoms with E-state index in [-0.39, 0.29) is 6.04 Å². The molecule has 116 valence electrons. The highest BCUT2D eigenvalue weighted by Gasteiger charge is 2.20. The molecule has 0 bridgehead atoms. The van der Waals surface area contributed by atoms with Gasteiger partial charge >= 0.3 is 12.1 Å². The number of alkyl carbamates (subject to hydrolysis) is 1. The number of carbonyl (C=O) groups excluding carboxylic acids is 2. The van der Waals surface area contributed by atoms with Gasteiger partial charge in [-0.25, -0.2) is 9.59 Å². The number of nitrogens with one attached hydrogen (secondary N) is 1. The lowest BCUT2D eigenvalue weighted by molar-refractivity contribution is 0.0505. The third-order valence-electron chi connectivity index (χ3n) is 2.43. The average molecular weight is 359 g/mol. The van der Waals surface area contributed by atoms with Crippen molar-refractivity contribution < 1.29 is 19.1 Å². The fraction of sp³-hybridized carbons (Fsp3) is 0.500. The Morgan fingerprint density at radius 2 is 2.00 bits per heavy atom. The van der Waals surface area contributed by atoms with Gasteiger partial charge in [0.2, 0.25) is 0 Å². The van der Waals surface area contributed by atoms with Crippen LogP contribution in [0.3, 0.4) is 0 Å². The van der Waals surface area contributed by atoms with E-state index in [0.29, 0.717) is 15.7 Å². The summed E-state index contributed by atoms with van der Waals surface area (Å²) < 4.78 is 10.4. The molecule has 0 radical (unpaired) electrons. The van der Waals surface area contributed by atoms with Crippen molar-refractivity contribution in [1.82, 2.24) is 10.3 Å². The van der Waals surface area contributed by atoms with E-state index in [1.165, 1.54) is 13.3 Å². The molecule has 21 heavy (non-hydrogen) atoms. The van der Waals surface area contributed by atoms with Gasteiger partial charge in [-0.15, -0.1) is 0 Å². The van der Waals surface area contributed by atoms with Gasteiger partial charge in [-0.3, -0.25) is 4.98 Å². The number of esters is 1. The van der Waals surface area contributed by atoms with Crippen LogP contribution in [-0.2, 0) is 9.47 Å². The Morgan fingerprint density at radius 3 is 2.48 bits per heavy atom. The fourth-order valence-corrected chi connectivity index (χ4v) is 2.24. The normalized spacial score (nSPS) is 12.5. The van der Waals surface area contributed by atoms with Gasteiger partial charge in [-0.2, -0.15) is 0 Å². The quantitative estimate of drug-likeness (QED) is 0.839. The van der Waals surface area contributed by atoms with Crippen LogP contribution in [0.5, 0.6) is 0 Å². The van der Waals surface area contributed by atoms with E-state index >= 15 is 0 Å². The van der Waals surface area contributed by atoms with E-state index in [0.717, 1.165) is 0 Å². The maximum atomic E-state index is 11.7. The minimum absolute atomic E-state index is 0.331. The molecule has 6 nitrogen and oxygen atoms in total. The number of nitrogens with zero attached hydrogens (tertiary/aromatic N) is 1. The molecule has 1 aromatic rings. The first-order valence-electron chi connectivity index (χ1n) is 6.37. The molecule has 1 heterocycles. The average Bonchev–Trinajstić information content (AvgIpc) is 2.34. The lowest BCUT2D eigenvalue weighted by Crippen LogP contribution is -2.34. The van der Waals surface area contributed by atoms with Crippen molar-refractivity contribution >= 4 is 28.0 Å². The van der Waals surface area contributed by atoms with Crippen LogP contribution in [-0.4, -0.2) is 29.8 Å². The number of rotatable bonds is 3. The molecule has 1 rings (SSSR count). The van der Waals surface area contributed by atoms with Gasteiger partial charge in [-0.1, -0.05) is 0 Å². The van der Waals surface area contributed by atoms with Crippen LogP contribution < -0.4 is 5.32 Å². The predicted octanol–water partition coefficient (Wildman–Crippen LogP) is 3.22. The van der Waals surface area contributed by atoms with Crippen LogP contribution in [0.1, 0.15) is 49.8 Å². The Morgan fingerprint density at radius 1 is 1.38 bits per heavy atom. The van der Waals surface area contributed by atoms with Crippen molar-refractivity contribution in [2.75, 3.05) is 7.11 Å². The number of amides is 1. The second kappa shape index (κ2) is 6.89. The fourth-order valence-electron chi connectivity index (χ4n) is 1.55. The Kier molecular flexibility index (Phi) is 5.71. The lowest BCUT2D eigenvalue weighted by Gasteiger charge is -2.22. The van der Waals surface area contributed by atoms with Crippen LogP contribution in [0.15, 0.2) is 16.7 Å². The third kappa shape index (κ3) is 5.34. The molecule has 0 saturated heterocycles. The molecule has 0 aromatic carbocycles. The van der Waals surface area contributed by atoms with E-state index in [1.807, 2.05) is 0 Å². The molecule has 0 aliphatic heterocycles. The van der Waals surface area contributed by atoms with Crippen LogP contribution in [0.2, 0.25) is 0 Å². The zero-order chi connectivity index (χ0) is 16.2. The van der Waals surface area contributed by atoms with E-state index in [9.17, 15) is 9.59 Å². The maximum Gasteiger partial charge on any atom is 0.408 e. The highest BCUT2D eigenvalue weighted by molar-refractivity contribution is 9.10. The summed E-state index contributed by atoms with van der Waals surface area (Å²) in [5, 5.41) is 2.69. The van der Waals surface area contributed by atoms with Crippen LogP contribution in [0.25, 0.3) is 0 Å². The topological polar surface area (TPSA) is 77.5 Å². The first kappa shape index (κ1) is 17.4. The molecule has 0 saturated carbocycles. The molecule has 0 aliphatic carbocycles. The molecular weight excluding hydrogens is 340 g/mol. The first-order valence-corrected chi connectivity index (χ1v) is 7.16. The van der Waals surface area contributed by atoms with E-state index in [4.69, 9.17) is 4.74 Å². The number of aromatic nitrogens is 1. The van der Waals surface area contributed by atoms with E-state index < -0.39 is 17.7 Å². The van der Waals surface area contributed by atoms with Crippen LogP contribution >= 0.6 is 15.9 Å². The number of methoxy groups -OCH3 is 1. The summed E-state index contributed by atoms with van der Waals surface area (Å²) in [7, 11) is 1.30. The minimum Gasteiger partial charge on any atom is -0.465 e. The van der Waals surface area contributed by atoms with Gasteiger partial charge in [0.1, 0.15) is 5.60 Å². The highest BCUT2D eigenvalue weighted by atomic mass is 79.9. The summed E-state index contributed by atoms with van der Waals surface area (Å²) in [6.07, 6.45) is 0.875. The van der Waals surface area contributed by atoms with E-state index in [2.05, 4.69) is 31.0 Å². The van der Waals surface area contributed by atoms with Gasteiger partial charge in [0.05, 0.1) is 24.4 Å². The molecule has 0 spiro atoms. The molecule has 0 aliphatic rings. The summed E-state index contributed by atoms with van der Waals surface area (Å²) in [6.45, 7) is 7.14. The summed E-state index contributed by atoms with van der Waals surface area (Å²) in [6, 6.07) is 1.22. The zero-order valence-electron chi connectivity index (χ0n) is 12.7. The van der Waals surface area contributed by atoms with Gasteiger partial charge in [0, 0.05) is 10.7 Å². The van der Waals surface area contributed by atoms with Gasteiger partial charge < -0.3 is 14.8 Å². The number of carbonyl (C=O) groups is 2. The second-order valence-corrected chi connectivity index (χ2v) is 6.30. The molecule has 1 aromatic heterocycles. The van der Waals surface area contributed by atoms with Gasteiger partial charge in [-0.05, 0) is 49.7 Å². The monoisotopic (exact) mass is 358 g/mol. The summed E-state index contributed by atoms with van der Waals surface area (Å²) in [4.78, 5) is 27.3. The zero-order valence-corrected chi connectivity index (χ0v) is 14.3. The Labute approximate surface area is 132 Å². The number of halogens is 1. The number of pyridine rings is 1. The largest absolute Gasteiger partial charge is 0.465 e.